The molecule has 6 heteroatoms. The summed E-state index contributed by atoms with van der Waals surface area (Å²) < 4.78 is 6.05. The SMILES string of the molecule is CC(C)(C)OC(=O)NC/C=C/CNC1CCCc2sc(Cl)cc21. The molecule has 2 rings (SSSR count). The zero-order chi connectivity index (χ0) is 16.9. The van der Waals surface area contributed by atoms with E-state index in [0.29, 0.717) is 12.6 Å². The predicted octanol–water partition coefficient (Wildman–Crippen LogP) is 4.45. The number of amides is 1. The number of halogens is 1. The number of carbonyl (C=O) groups is 1. The van der Waals surface area contributed by atoms with Gasteiger partial charge in [-0.2, -0.15) is 0 Å². The molecule has 1 amide bonds. The van der Waals surface area contributed by atoms with E-state index in [0.717, 1.165) is 23.7 Å². The van der Waals surface area contributed by atoms with Crippen LogP contribution < -0.4 is 10.6 Å². The Labute approximate surface area is 147 Å². The Balaban J connectivity index is 1.69. The summed E-state index contributed by atoms with van der Waals surface area (Å²) in [6.45, 7) is 6.79. The second kappa shape index (κ2) is 8.18. The van der Waals surface area contributed by atoms with Crippen LogP contribution in [0, 0.1) is 0 Å². The van der Waals surface area contributed by atoms with Crippen molar-refractivity contribution in [3.8, 4) is 0 Å². The Hall–Kier alpha value is -1.04. The molecule has 0 fully saturated rings. The van der Waals surface area contributed by atoms with Crippen LogP contribution in [0.2, 0.25) is 4.34 Å². The number of carbonyl (C=O) groups excluding carboxylic acids is 1. The van der Waals surface area contributed by atoms with Gasteiger partial charge in [-0.25, -0.2) is 4.79 Å². The van der Waals surface area contributed by atoms with E-state index < -0.39 is 5.60 Å². The fourth-order valence-electron chi connectivity index (χ4n) is 2.57. The van der Waals surface area contributed by atoms with Crippen molar-refractivity contribution in [2.75, 3.05) is 13.1 Å². The molecule has 23 heavy (non-hydrogen) atoms. The molecule has 4 nitrogen and oxygen atoms in total. The minimum Gasteiger partial charge on any atom is -0.444 e. The van der Waals surface area contributed by atoms with Crippen LogP contribution in [0.1, 0.15) is 50.1 Å². The number of nitrogens with one attached hydrogen (secondary N) is 2. The Morgan fingerprint density at radius 1 is 1.43 bits per heavy atom. The third kappa shape index (κ3) is 6.16. The smallest absolute Gasteiger partial charge is 0.407 e. The maximum atomic E-state index is 11.5. The van der Waals surface area contributed by atoms with E-state index in [1.54, 1.807) is 11.3 Å². The number of alkyl carbamates (subject to hydrolysis) is 1. The van der Waals surface area contributed by atoms with Gasteiger partial charge in [0.15, 0.2) is 0 Å². The molecule has 1 aromatic rings. The molecule has 0 aromatic carbocycles. The van der Waals surface area contributed by atoms with Gasteiger partial charge < -0.3 is 15.4 Å². The van der Waals surface area contributed by atoms with E-state index >= 15 is 0 Å². The molecular weight excluding hydrogens is 332 g/mol. The monoisotopic (exact) mass is 356 g/mol. The molecular formula is C17H25ClN2O2S. The molecule has 0 radical (unpaired) electrons. The van der Waals surface area contributed by atoms with Crippen LogP contribution in [-0.4, -0.2) is 24.8 Å². The van der Waals surface area contributed by atoms with Crippen molar-refractivity contribution in [2.45, 2.75) is 51.7 Å². The van der Waals surface area contributed by atoms with Crippen molar-refractivity contribution < 1.29 is 9.53 Å². The van der Waals surface area contributed by atoms with Crippen LogP contribution in [0.15, 0.2) is 18.2 Å². The number of hydrogen-bond donors (Lipinski definition) is 2. The molecule has 1 atom stereocenters. The van der Waals surface area contributed by atoms with Gasteiger partial charge in [-0.05, 0) is 51.7 Å². The zero-order valence-corrected chi connectivity index (χ0v) is 15.5. The van der Waals surface area contributed by atoms with Crippen molar-refractivity contribution >= 4 is 29.0 Å². The fraction of sp³-hybridized carbons (Fsp3) is 0.588. The second-order valence-corrected chi connectivity index (χ2v) is 8.40. The minimum atomic E-state index is -0.462. The highest BCUT2D eigenvalue weighted by Crippen LogP contribution is 2.37. The van der Waals surface area contributed by atoms with Gasteiger partial charge in [0, 0.05) is 24.0 Å². The van der Waals surface area contributed by atoms with E-state index in [1.807, 2.05) is 32.9 Å². The first-order valence-corrected chi connectivity index (χ1v) is 9.18. The molecule has 0 spiro atoms. The van der Waals surface area contributed by atoms with Crippen molar-refractivity contribution in [2.24, 2.45) is 0 Å². The molecule has 1 aliphatic carbocycles. The van der Waals surface area contributed by atoms with Crippen molar-refractivity contribution in [1.29, 1.82) is 0 Å². The van der Waals surface area contributed by atoms with Crippen LogP contribution in [0.25, 0.3) is 0 Å². The van der Waals surface area contributed by atoms with Crippen molar-refractivity contribution in [1.82, 2.24) is 10.6 Å². The van der Waals surface area contributed by atoms with Crippen molar-refractivity contribution in [3.05, 3.63) is 33.0 Å². The van der Waals surface area contributed by atoms with Crippen LogP contribution in [0.3, 0.4) is 0 Å². The highest BCUT2D eigenvalue weighted by molar-refractivity contribution is 7.16. The summed E-state index contributed by atoms with van der Waals surface area (Å²) in [5, 5.41) is 6.24. The molecule has 1 aliphatic rings. The lowest BCUT2D eigenvalue weighted by Crippen LogP contribution is -2.32. The highest BCUT2D eigenvalue weighted by Gasteiger charge is 2.21. The average Bonchev–Trinajstić information content (AvgIpc) is 2.81. The van der Waals surface area contributed by atoms with E-state index in [2.05, 4.69) is 16.7 Å². The Kier molecular flexibility index (Phi) is 6.50. The third-order valence-corrected chi connectivity index (χ3v) is 4.84. The normalized spacial score (nSPS) is 18.0. The predicted molar refractivity (Wildman–Crippen MR) is 96.4 cm³/mol. The molecule has 2 N–H and O–H groups in total. The molecule has 128 valence electrons. The number of hydrogen-bond acceptors (Lipinski definition) is 4. The minimum absolute atomic E-state index is 0.381. The Bertz CT molecular complexity index is 563. The first kappa shape index (κ1) is 18.3. The molecule has 0 bridgehead atoms. The van der Waals surface area contributed by atoms with Gasteiger partial charge in [0.05, 0.1) is 4.34 Å². The Morgan fingerprint density at radius 3 is 2.91 bits per heavy atom. The topological polar surface area (TPSA) is 50.4 Å². The van der Waals surface area contributed by atoms with Gasteiger partial charge in [0.25, 0.3) is 0 Å². The van der Waals surface area contributed by atoms with Crippen LogP contribution in [0.5, 0.6) is 0 Å². The highest BCUT2D eigenvalue weighted by atomic mass is 35.5. The second-order valence-electron chi connectivity index (χ2n) is 6.64. The van der Waals surface area contributed by atoms with Crippen molar-refractivity contribution in [3.63, 3.8) is 0 Å². The van der Waals surface area contributed by atoms with Gasteiger partial charge in [-0.15, -0.1) is 11.3 Å². The molecule has 0 saturated heterocycles. The lowest BCUT2D eigenvalue weighted by molar-refractivity contribution is 0.0534. The maximum Gasteiger partial charge on any atom is 0.407 e. The van der Waals surface area contributed by atoms with Gasteiger partial charge in [0.2, 0.25) is 0 Å². The number of fused-ring (bicyclic) bond motifs is 1. The first-order valence-electron chi connectivity index (χ1n) is 7.98. The number of ether oxygens (including phenoxy) is 1. The van der Waals surface area contributed by atoms with Gasteiger partial charge in [0.1, 0.15) is 5.60 Å². The quantitative estimate of drug-likeness (QED) is 0.766. The lowest BCUT2D eigenvalue weighted by atomic mass is 9.94. The van der Waals surface area contributed by atoms with E-state index in [4.69, 9.17) is 16.3 Å². The summed E-state index contributed by atoms with van der Waals surface area (Å²) in [7, 11) is 0. The summed E-state index contributed by atoms with van der Waals surface area (Å²) in [6, 6.07) is 2.47. The number of rotatable bonds is 5. The van der Waals surface area contributed by atoms with Crippen LogP contribution in [-0.2, 0) is 11.2 Å². The molecule has 1 aromatic heterocycles. The lowest BCUT2D eigenvalue weighted by Gasteiger charge is -2.23. The van der Waals surface area contributed by atoms with Gasteiger partial charge in [-0.3, -0.25) is 0 Å². The van der Waals surface area contributed by atoms with Gasteiger partial charge >= 0.3 is 6.09 Å². The zero-order valence-electron chi connectivity index (χ0n) is 13.9. The number of thiophene rings is 1. The maximum absolute atomic E-state index is 11.5. The first-order chi connectivity index (χ1) is 10.8. The molecule has 1 heterocycles. The fourth-order valence-corrected chi connectivity index (χ4v) is 3.95. The van der Waals surface area contributed by atoms with Crippen LogP contribution >= 0.6 is 22.9 Å². The van der Waals surface area contributed by atoms with Crippen LogP contribution in [0.4, 0.5) is 4.79 Å². The summed E-state index contributed by atoms with van der Waals surface area (Å²) in [5.74, 6) is 0. The molecule has 1 unspecified atom stereocenters. The van der Waals surface area contributed by atoms with E-state index in [9.17, 15) is 4.79 Å². The van der Waals surface area contributed by atoms with E-state index in [-0.39, 0.29) is 6.09 Å². The third-order valence-electron chi connectivity index (χ3n) is 3.50. The summed E-state index contributed by atoms with van der Waals surface area (Å²) in [4.78, 5) is 12.9. The largest absolute Gasteiger partial charge is 0.444 e. The summed E-state index contributed by atoms with van der Waals surface area (Å²) in [6.07, 6.45) is 7.05. The van der Waals surface area contributed by atoms with E-state index in [1.165, 1.54) is 16.9 Å². The molecule has 0 aliphatic heterocycles. The average molecular weight is 357 g/mol. The standard InChI is InChI=1S/C17H25ClN2O2S/c1-17(2,3)22-16(21)20-10-5-4-9-19-13-7-6-8-14-12(13)11-15(18)23-14/h4-5,11,13,19H,6-10H2,1-3H3,(H,20,21)/b5-4+. The van der Waals surface area contributed by atoms with Gasteiger partial charge in [-0.1, -0.05) is 23.8 Å². The summed E-state index contributed by atoms with van der Waals surface area (Å²) in [5.41, 5.74) is 0.891. The molecule has 0 saturated carbocycles. The Morgan fingerprint density at radius 2 is 2.17 bits per heavy atom. The summed E-state index contributed by atoms with van der Waals surface area (Å²) >= 11 is 7.81. The number of aryl methyl sites for hydroxylation is 1.